The molecule has 5 nitrogen and oxygen atoms in total. The summed E-state index contributed by atoms with van der Waals surface area (Å²) >= 11 is 0. The molecule has 0 aliphatic rings. The van der Waals surface area contributed by atoms with Crippen LogP contribution >= 0.6 is 0 Å². The highest BCUT2D eigenvalue weighted by atomic mass is 16.5. The monoisotopic (exact) mass is 283 g/mol. The van der Waals surface area contributed by atoms with E-state index in [-0.39, 0.29) is 5.71 Å². The molecule has 0 heterocycles. The van der Waals surface area contributed by atoms with Gasteiger partial charge in [-0.2, -0.15) is 0 Å². The Morgan fingerprint density at radius 2 is 1.90 bits per heavy atom. The number of ether oxygens (including phenoxy) is 1. The molecule has 0 fully saturated rings. The highest BCUT2D eigenvalue weighted by Gasteiger charge is 2.13. The normalized spacial score (nSPS) is 11.2. The van der Waals surface area contributed by atoms with E-state index in [0.29, 0.717) is 23.6 Å². The second-order valence-corrected chi connectivity index (χ2v) is 4.46. The Kier molecular flexibility index (Phi) is 4.56. The van der Waals surface area contributed by atoms with E-state index in [2.05, 4.69) is 4.99 Å². The molecule has 0 radical (unpaired) electrons. The number of carbonyl (C=O) groups excluding carboxylic acids is 1. The number of aliphatic imine (C=N–C) groups is 1. The van der Waals surface area contributed by atoms with Crippen LogP contribution in [-0.4, -0.2) is 18.7 Å². The van der Waals surface area contributed by atoms with Crippen LogP contribution in [0.2, 0.25) is 0 Å². The quantitative estimate of drug-likeness (QED) is 0.647. The Balaban J connectivity index is 2.21. The number of nitrogens with zero attached hydrogens (tertiary/aromatic N) is 1. The molecular weight excluding hydrogens is 266 g/mol. The highest BCUT2D eigenvalue weighted by molar-refractivity contribution is 6.45. The average Bonchev–Trinajstić information content (AvgIpc) is 2.49. The van der Waals surface area contributed by atoms with Gasteiger partial charge in [-0.3, -0.25) is 9.79 Å². The molecule has 0 saturated carbocycles. The number of amides is 1. The molecule has 0 aromatic heterocycles. The van der Waals surface area contributed by atoms with Gasteiger partial charge in [-0.15, -0.1) is 0 Å². The van der Waals surface area contributed by atoms with Crippen molar-refractivity contribution in [2.75, 3.05) is 12.8 Å². The molecule has 108 valence electrons. The van der Waals surface area contributed by atoms with Crippen LogP contribution in [0.25, 0.3) is 0 Å². The van der Waals surface area contributed by atoms with Gasteiger partial charge in [0.05, 0.1) is 0 Å². The van der Waals surface area contributed by atoms with Gasteiger partial charge < -0.3 is 16.2 Å². The van der Waals surface area contributed by atoms with Crippen molar-refractivity contribution in [3.8, 4) is 5.75 Å². The first kappa shape index (κ1) is 14.6. The third kappa shape index (κ3) is 3.60. The van der Waals surface area contributed by atoms with Crippen molar-refractivity contribution in [2.45, 2.75) is 6.61 Å². The van der Waals surface area contributed by atoms with Crippen molar-refractivity contribution >= 4 is 17.3 Å². The number of hydrogen-bond acceptors (Lipinski definition) is 4. The number of benzene rings is 2. The zero-order chi connectivity index (χ0) is 15.2. The number of hydrogen-bond donors (Lipinski definition) is 2. The summed E-state index contributed by atoms with van der Waals surface area (Å²) in [6, 6.07) is 14.9. The molecule has 2 aromatic carbocycles. The fourth-order valence-corrected chi connectivity index (χ4v) is 1.93. The number of primary amides is 1. The molecule has 0 atom stereocenters. The second kappa shape index (κ2) is 6.56. The molecule has 0 spiro atoms. The second-order valence-electron chi connectivity index (χ2n) is 4.46. The zero-order valence-corrected chi connectivity index (χ0v) is 11.7. The molecule has 0 bridgehead atoms. The Labute approximate surface area is 123 Å². The average molecular weight is 283 g/mol. The fraction of sp³-hybridized carbons (Fsp3) is 0.125. The van der Waals surface area contributed by atoms with Crippen molar-refractivity contribution in [3.05, 3.63) is 59.7 Å². The predicted molar refractivity (Wildman–Crippen MR) is 83.3 cm³/mol. The van der Waals surface area contributed by atoms with E-state index in [1.807, 2.05) is 30.3 Å². The molecule has 2 aromatic rings. The van der Waals surface area contributed by atoms with E-state index < -0.39 is 5.91 Å². The van der Waals surface area contributed by atoms with Crippen molar-refractivity contribution in [2.24, 2.45) is 10.7 Å². The van der Waals surface area contributed by atoms with E-state index in [0.717, 1.165) is 5.56 Å². The van der Waals surface area contributed by atoms with Gasteiger partial charge in [-0.25, -0.2) is 0 Å². The van der Waals surface area contributed by atoms with Crippen molar-refractivity contribution in [1.82, 2.24) is 0 Å². The summed E-state index contributed by atoms with van der Waals surface area (Å²) in [5.41, 5.74) is 13.3. The molecule has 5 heteroatoms. The summed E-state index contributed by atoms with van der Waals surface area (Å²) in [6.45, 7) is 0.430. The molecule has 21 heavy (non-hydrogen) atoms. The van der Waals surface area contributed by atoms with Gasteiger partial charge in [0.1, 0.15) is 18.1 Å². The lowest BCUT2D eigenvalue weighted by Gasteiger charge is -2.10. The minimum Gasteiger partial charge on any atom is -0.489 e. The third-order valence-corrected chi connectivity index (χ3v) is 2.99. The molecule has 0 aliphatic heterocycles. The van der Waals surface area contributed by atoms with Crippen LogP contribution < -0.4 is 16.2 Å². The van der Waals surface area contributed by atoms with Gasteiger partial charge >= 0.3 is 0 Å². The molecule has 0 saturated heterocycles. The van der Waals surface area contributed by atoms with Crippen molar-refractivity contribution < 1.29 is 9.53 Å². The lowest BCUT2D eigenvalue weighted by molar-refractivity contribution is -0.111. The van der Waals surface area contributed by atoms with E-state index in [9.17, 15) is 4.79 Å². The van der Waals surface area contributed by atoms with Crippen LogP contribution in [0.1, 0.15) is 11.1 Å². The highest BCUT2D eigenvalue weighted by Crippen LogP contribution is 2.21. The summed E-state index contributed by atoms with van der Waals surface area (Å²) in [4.78, 5) is 15.3. The van der Waals surface area contributed by atoms with Gasteiger partial charge in [0, 0.05) is 18.3 Å². The SMILES string of the molecule is CN=C(C(N)=O)c1cc(OCc2ccccc2)ccc1N. The number of rotatable bonds is 5. The first-order valence-electron chi connectivity index (χ1n) is 6.45. The van der Waals surface area contributed by atoms with Gasteiger partial charge in [-0.1, -0.05) is 30.3 Å². The first-order valence-corrected chi connectivity index (χ1v) is 6.45. The van der Waals surface area contributed by atoms with Crippen LogP contribution in [0.15, 0.2) is 53.5 Å². The molecular formula is C16H17N3O2. The number of nitrogens with two attached hydrogens (primary N) is 2. The standard InChI is InChI=1S/C16H17N3O2/c1-19-15(16(18)20)13-9-12(7-8-14(13)17)21-10-11-5-3-2-4-6-11/h2-9H,10,17H2,1H3,(H2,18,20). The Hall–Kier alpha value is -2.82. The largest absolute Gasteiger partial charge is 0.489 e. The van der Waals surface area contributed by atoms with E-state index >= 15 is 0 Å². The van der Waals surface area contributed by atoms with Gasteiger partial charge in [0.2, 0.25) is 0 Å². The zero-order valence-electron chi connectivity index (χ0n) is 11.7. The molecule has 2 rings (SSSR count). The summed E-state index contributed by atoms with van der Waals surface area (Å²) < 4.78 is 5.70. The van der Waals surface area contributed by atoms with Crippen LogP contribution in [0.4, 0.5) is 5.69 Å². The van der Waals surface area contributed by atoms with Crippen LogP contribution in [0.3, 0.4) is 0 Å². The van der Waals surface area contributed by atoms with E-state index in [1.54, 1.807) is 18.2 Å². The molecule has 0 unspecified atom stereocenters. The van der Waals surface area contributed by atoms with Gasteiger partial charge in [0.25, 0.3) is 5.91 Å². The van der Waals surface area contributed by atoms with E-state index in [4.69, 9.17) is 16.2 Å². The third-order valence-electron chi connectivity index (χ3n) is 2.99. The van der Waals surface area contributed by atoms with Crippen molar-refractivity contribution in [1.29, 1.82) is 0 Å². The maximum atomic E-state index is 11.4. The van der Waals surface area contributed by atoms with Gasteiger partial charge in [-0.05, 0) is 23.8 Å². The predicted octanol–water partition coefficient (Wildman–Crippen LogP) is 1.75. The molecule has 0 aliphatic carbocycles. The Bertz CT molecular complexity index is 666. The summed E-state index contributed by atoms with van der Waals surface area (Å²) in [6.07, 6.45) is 0. The summed E-state index contributed by atoms with van der Waals surface area (Å²) in [5.74, 6) is -0.0186. The Morgan fingerprint density at radius 3 is 2.52 bits per heavy atom. The lowest BCUT2D eigenvalue weighted by atomic mass is 10.1. The number of carbonyl (C=O) groups is 1. The smallest absolute Gasteiger partial charge is 0.267 e. The molecule has 1 amide bonds. The Morgan fingerprint density at radius 1 is 1.19 bits per heavy atom. The minimum atomic E-state index is -0.621. The number of anilines is 1. The van der Waals surface area contributed by atoms with Crippen LogP contribution in [0.5, 0.6) is 5.75 Å². The number of nitrogen functional groups attached to an aromatic ring is 1. The maximum Gasteiger partial charge on any atom is 0.267 e. The fourth-order valence-electron chi connectivity index (χ4n) is 1.93. The van der Waals surface area contributed by atoms with Gasteiger partial charge in [0.15, 0.2) is 0 Å². The summed E-state index contributed by atoms with van der Waals surface area (Å²) in [7, 11) is 1.50. The van der Waals surface area contributed by atoms with Crippen LogP contribution in [-0.2, 0) is 11.4 Å². The summed E-state index contributed by atoms with van der Waals surface area (Å²) in [5, 5.41) is 0. The lowest BCUT2D eigenvalue weighted by Crippen LogP contribution is -2.25. The minimum absolute atomic E-state index is 0.137. The van der Waals surface area contributed by atoms with Crippen LogP contribution in [0, 0.1) is 0 Å². The topological polar surface area (TPSA) is 90.7 Å². The first-order chi connectivity index (χ1) is 10.1. The van der Waals surface area contributed by atoms with E-state index in [1.165, 1.54) is 7.05 Å². The van der Waals surface area contributed by atoms with Crippen molar-refractivity contribution in [3.63, 3.8) is 0 Å². The maximum absolute atomic E-state index is 11.4. The molecule has 4 N–H and O–H groups in total.